The highest BCUT2D eigenvalue weighted by atomic mass is 32.1. The van der Waals surface area contributed by atoms with E-state index >= 15 is 0 Å². The van der Waals surface area contributed by atoms with Crippen LogP contribution in [0.25, 0.3) is 0 Å². The van der Waals surface area contributed by atoms with Gasteiger partial charge in [-0.3, -0.25) is 0 Å². The molecule has 0 radical (unpaired) electrons. The molecule has 0 fully saturated rings. The van der Waals surface area contributed by atoms with Crippen LogP contribution in [0.5, 0.6) is 0 Å². The van der Waals surface area contributed by atoms with Gasteiger partial charge in [0.15, 0.2) is 0 Å². The maximum atomic E-state index is 10.4. The number of aryl methyl sites for hydroxylation is 3. The summed E-state index contributed by atoms with van der Waals surface area (Å²) in [6, 6.07) is 10.1. The molecule has 0 aliphatic heterocycles. The van der Waals surface area contributed by atoms with E-state index in [4.69, 9.17) is 0 Å². The Hall–Kier alpha value is -1.12. The quantitative estimate of drug-likeness (QED) is 0.836. The molecule has 0 saturated carbocycles. The van der Waals surface area contributed by atoms with Gasteiger partial charge in [-0.2, -0.15) is 0 Å². The normalized spacial score (nSPS) is 12.8. The SMILES string of the molecule is Cc1cc(C(O)c2ccccc2C)c(C)s1. The van der Waals surface area contributed by atoms with Gasteiger partial charge >= 0.3 is 0 Å². The van der Waals surface area contributed by atoms with Crippen molar-refractivity contribution in [1.29, 1.82) is 0 Å². The summed E-state index contributed by atoms with van der Waals surface area (Å²) >= 11 is 1.74. The first-order valence-corrected chi connectivity index (χ1v) is 6.21. The van der Waals surface area contributed by atoms with Gasteiger partial charge in [0.2, 0.25) is 0 Å². The zero-order valence-electron chi connectivity index (χ0n) is 9.82. The minimum Gasteiger partial charge on any atom is -0.384 e. The minimum absolute atomic E-state index is 0.494. The fourth-order valence-corrected chi connectivity index (χ4v) is 2.94. The van der Waals surface area contributed by atoms with Crippen LogP contribution in [0, 0.1) is 20.8 Å². The molecular formula is C14H16OS. The molecule has 84 valence electrons. The van der Waals surface area contributed by atoms with Crippen molar-refractivity contribution in [3.8, 4) is 0 Å². The molecule has 2 heteroatoms. The summed E-state index contributed by atoms with van der Waals surface area (Å²) in [5.74, 6) is 0. The smallest absolute Gasteiger partial charge is 0.105 e. The Morgan fingerprint density at radius 2 is 1.75 bits per heavy atom. The van der Waals surface area contributed by atoms with Crippen molar-refractivity contribution in [1.82, 2.24) is 0 Å². The van der Waals surface area contributed by atoms with Crippen molar-refractivity contribution < 1.29 is 5.11 Å². The maximum Gasteiger partial charge on any atom is 0.105 e. The predicted octanol–water partition coefficient (Wildman–Crippen LogP) is 3.76. The van der Waals surface area contributed by atoms with Gasteiger partial charge in [0.05, 0.1) is 0 Å². The highest BCUT2D eigenvalue weighted by molar-refractivity contribution is 7.12. The fraction of sp³-hybridized carbons (Fsp3) is 0.286. The first-order chi connectivity index (χ1) is 7.59. The monoisotopic (exact) mass is 232 g/mol. The fourth-order valence-electron chi connectivity index (χ4n) is 1.98. The van der Waals surface area contributed by atoms with E-state index in [9.17, 15) is 5.11 Å². The van der Waals surface area contributed by atoms with E-state index in [-0.39, 0.29) is 0 Å². The van der Waals surface area contributed by atoms with Gasteiger partial charge in [-0.25, -0.2) is 0 Å². The Kier molecular flexibility index (Phi) is 3.13. The topological polar surface area (TPSA) is 20.2 Å². The van der Waals surface area contributed by atoms with Crippen molar-refractivity contribution in [2.24, 2.45) is 0 Å². The van der Waals surface area contributed by atoms with Crippen molar-refractivity contribution in [2.75, 3.05) is 0 Å². The maximum absolute atomic E-state index is 10.4. The van der Waals surface area contributed by atoms with Crippen molar-refractivity contribution in [2.45, 2.75) is 26.9 Å². The summed E-state index contributed by atoms with van der Waals surface area (Å²) in [6.07, 6.45) is -0.494. The predicted molar refractivity (Wildman–Crippen MR) is 69.0 cm³/mol. The van der Waals surface area contributed by atoms with Gasteiger partial charge < -0.3 is 5.11 Å². The summed E-state index contributed by atoms with van der Waals surface area (Å²) < 4.78 is 0. The molecule has 1 aromatic carbocycles. The average Bonchev–Trinajstić information content (AvgIpc) is 2.58. The van der Waals surface area contributed by atoms with Crippen LogP contribution in [0.4, 0.5) is 0 Å². The third kappa shape index (κ3) is 2.04. The Labute approximate surface area is 100 Å². The van der Waals surface area contributed by atoms with Gasteiger partial charge in [0.25, 0.3) is 0 Å². The number of benzene rings is 1. The van der Waals surface area contributed by atoms with Gasteiger partial charge in [-0.1, -0.05) is 24.3 Å². The molecule has 1 N–H and O–H groups in total. The lowest BCUT2D eigenvalue weighted by Crippen LogP contribution is -2.01. The van der Waals surface area contributed by atoms with Gasteiger partial charge in [-0.15, -0.1) is 11.3 Å². The minimum atomic E-state index is -0.494. The number of hydrogen-bond acceptors (Lipinski definition) is 2. The molecule has 1 atom stereocenters. The van der Waals surface area contributed by atoms with Crippen LogP contribution < -0.4 is 0 Å². The second-order valence-corrected chi connectivity index (χ2v) is 5.59. The van der Waals surface area contributed by atoms with E-state index < -0.39 is 6.10 Å². The van der Waals surface area contributed by atoms with Gasteiger partial charge in [0, 0.05) is 9.75 Å². The second kappa shape index (κ2) is 4.40. The summed E-state index contributed by atoms with van der Waals surface area (Å²) in [5, 5.41) is 10.4. The van der Waals surface area contributed by atoms with Gasteiger partial charge in [-0.05, 0) is 43.5 Å². The van der Waals surface area contributed by atoms with Crippen molar-refractivity contribution in [3.63, 3.8) is 0 Å². The molecule has 2 aromatic rings. The summed E-state index contributed by atoms with van der Waals surface area (Å²) in [5.41, 5.74) is 3.18. The standard InChI is InChI=1S/C14H16OS/c1-9-6-4-5-7-12(9)14(15)13-8-10(2)16-11(13)3/h4-8,14-15H,1-3H3. The van der Waals surface area contributed by atoms with Crippen LogP contribution in [-0.4, -0.2) is 5.11 Å². The Bertz CT molecular complexity index is 499. The van der Waals surface area contributed by atoms with Crippen molar-refractivity contribution in [3.05, 3.63) is 56.8 Å². The number of thiophene rings is 1. The first kappa shape index (κ1) is 11.4. The van der Waals surface area contributed by atoms with Crippen LogP contribution in [0.15, 0.2) is 30.3 Å². The first-order valence-electron chi connectivity index (χ1n) is 5.40. The molecule has 1 heterocycles. The third-order valence-corrected chi connectivity index (χ3v) is 3.84. The molecule has 0 amide bonds. The summed E-state index contributed by atoms with van der Waals surface area (Å²) in [6.45, 7) is 6.17. The molecule has 1 nitrogen and oxygen atoms in total. The summed E-state index contributed by atoms with van der Waals surface area (Å²) in [7, 11) is 0. The highest BCUT2D eigenvalue weighted by Gasteiger charge is 2.16. The van der Waals surface area contributed by atoms with Crippen LogP contribution in [0.3, 0.4) is 0 Å². The largest absolute Gasteiger partial charge is 0.384 e. The zero-order valence-corrected chi connectivity index (χ0v) is 10.6. The lowest BCUT2D eigenvalue weighted by atomic mass is 9.98. The average molecular weight is 232 g/mol. The molecule has 1 aromatic heterocycles. The van der Waals surface area contributed by atoms with Crippen LogP contribution in [-0.2, 0) is 0 Å². The second-order valence-electron chi connectivity index (χ2n) is 4.13. The third-order valence-electron chi connectivity index (χ3n) is 2.86. The van der Waals surface area contributed by atoms with E-state index in [1.807, 2.05) is 31.2 Å². The molecule has 0 aliphatic rings. The highest BCUT2D eigenvalue weighted by Crippen LogP contribution is 2.31. The van der Waals surface area contributed by atoms with Crippen LogP contribution in [0.2, 0.25) is 0 Å². The van der Waals surface area contributed by atoms with E-state index in [2.05, 4.69) is 19.9 Å². The van der Waals surface area contributed by atoms with E-state index in [0.717, 1.165) is 16.7 Å². The van der Waals surface area contributed by atoms with Crippen molar-refractivity contribution >= 4 is 11.3 Å². The number of aliphatic hydroxyl groups excluding tert-OH is 1. The number of rotatable bonds is 2. The van der Waals surface area contributed by atoms with Crippen LogP contribution in [0.1, 0.15) is 32.5 Å². The molecule has 0 spiro atoms. The number of aliphatic hydroxyl groups is 1. The Morgan fingerprint density at radius 1 is 1.06 bits per heavy atom. The van der Waals surface area contributed by atoms with E-state index in [1.165, 1.54) is 9.75 Å². The lowest BCUT2D eigenvalue weighted by molar-refractivity contribution is 0.219. The van der Waals surface area contributed by atoms with Gasteiger partial charge in [0.1, 0.15) is 6.10 Å². The number of hydrogen-bond donors (Lipinski definition) is 1. The molecule has 0 bridgehead atoms. The van der Waals surface area contributed by atoms with E-state index in [1.54, 1.807) is 11.3 Å². The molecule has 16 heavy (non-hydrogen) atoms. The molecule has 1 unspecified atom stereocenters. The molecule has 2 rings (SSSR count). The zero-order chi connectivity index (χ0) is 11.7. The van der Waals surface area contributed by atoms with E-state index in [0.29, 0.717) is 0 Å². The molecular weight excluding hydrogens is 216 g/mol. The Balaban J connectivity index is 2.43. The molecule has 0 aliphatic carbocycles. The Morgan fingerprint density at radius 3 is 2.31 bits per heavy atom. The summed E-state index contributed by atoms with van der Waals surface area (Å²) in [4.78, 5) is 2.45. The molecule has 0 saturated heterocycles. The van der Waals surface area contributed by atoms with Crippen LogP contribution >= 0.6 is 11.3 Å². The lowest BCUT2D eigenvalue weighted by Gasteiger charge is -2.13.